The van der Waals surface area contributed by atoms with Gasteiger partial charge in [0.1, 0.15) is 6.10 Å². The van der Waals surface area contributed by atoms with Crippen LogP contribution in [-0.2, 0) is 15.0 Å². The van der Waals surface area contributed by atoms with Crippen molar-refractivity contribution in [3.63, 3.8) is 0 Å². The molecule has 3 aliphatic rings. The third-order valence-electron chi connectivity index (χ3n) is 6.56. The highest BCUT2D eigenvalue weighted by Gasteiger charge is 2.59. The lowest BCUT2D eigenvalue weighted by Gasteiger charge is -2.38. The number of ether oxygens (including phenoxy) is 4. The Balaban J connectivity index is 1.73. The molecule has 1 aromatic carbocycles. The summed E-state index contributed by atoms with van der Waals surface area (Å²) in [5, 5.41) is 0.259. The van der Waals surface area contributed by atoms with E-state index in [0.717, 1.165) is 12.8 Å². The number of carbonyl (C=O) groups is 1. The fourth-order valence-electron chi connectivity index (χ4n) is 4.45. The molecule has 1 unspecified atom stereocenters. The second-order valence-electron chi connectivity index (χ2n) is 8.72. The maximum Gasteiger partial charge on any atom is 0.338 e. The van der Waals surface area contributed by atoms with Crippen LogP contribution in [0.1, 0.15) is 54.1 Å². The highest BCUT2D eigenvalue weighted by molar-refractivity contribution is 6.34. The molecule has 2 fully saturated rings. The van der Waals surface area contributed by atoms with Crippen LogP contribution in [0.25, 0.3) is 4.85 Å². The summed E-state index contributed by atoms with van der Waals surface area (Å²) in [6.07, 6.45) is 2.75. The predicted octanol–water partition coefficient (Wildman–Crippen LogP) is 3.94. The van der Waals surface area contributed by atoms with Crippen molar-refractivity contribution < 1.29 is 23.7 Å². The van der Waals surface area contributed by atoms with E-state index in [-0.39, 0.29) is 11.1 Å². The predicted molar refractivity (Wildman–Crippen MR) is 111 cm³/mol. The van der Waals surface area contributed by atoms with Crippen molar-refractivity contribution in [3.8, 4) is 11.5 Å². The number of hydrogen-bond donors (Lipinski definition) is 0. The summed E-state index contributed by atoms with van der Waals surface area (Å²) in [5.74, 6) is -0.783. The first-order chi connectivity index (χ1) is 14.2. The van der Waals surface area contributed by atoms with Gasteiger partial charge in [-0.25, -0.2) is 11.4 Å². The molecule has 4 rings (SSSR count). The molecule has 1 saturated heterocycles. The monoisotopic (exact) mass is 434 g/mol. The van der Waals surface area contributed by atoms with Crippen LogP contribution in [0.2, 0.25) is 5.02 Å². The number of esters is 1. The number of hydrogen-bond acceptors (Lipinski definition) is 6. The zero-order valence-corrected chi connectivity index (χ0v) is 18.8. The van der Waals surface area contributed by atoms with E-state index < -0.39 is 17.3 Å². The van der Waals surface area contributed by atoms with E-state index in [0.29, 0.717) is 53.7 Å². The Morgan fingerprint density at radius 2 is 1.93 bits per heavy atom. The van der Waals surface area contributed by atoms with Crippen LogP contribution in [0.15, 0.2) is 0 Å². The van der Waals surface area contributed by atoms with Crippen molar-refractivity contribution in [2.24, 2.45) is 0 Å². The van der Waals surface area contributed by atoms with Crippen LogP contribution < -0.4 is 9.47 Å². The van der Waals surface area contributed by atoms with Crippen molar-refractivity contribution in [2.75, 3.05) is 27.8 Å². The molecule has 1 aromatic rings. The lowest BCUT2D eigenvalue weighted by molar-refractivity contribution is -0.190. The summed E-state index contributed by atoms with van der Waals surface area (Å²) in [6.45, 7) is 11.9. The van der Waals surface area contributed by atoms with E-state index >= 15 is 0 Å². The minimum atomic E-state index is -1.06. The lowest BCUT2D eigenvalue weighted by atomic mass is 9.93. The third-order valence-corrected chi connectivity index (χ3v) is 6.92. The summed E-state index contributed by atoms with van der Waals surface area (Å²) in [6, 6.07) is 0.352. The van der Waals surface area contributed by atoms with Gasteiger partial charge >= 0.3 is 5.97 Å². The molecule has 0 amide bonds. The summed E-state index contributed by atoms with van der Waals surface area (Å²) >= 11 is 6.76. The van der Waals surface area contributed by atoms with Gasteiger partial charge in [-0.1, -0.05) is 11.6 Å². The van der Waals surface area contributed by atoms with Gasteiger partial charge in [0.05, 0.1) is 29.9 Å². The standard InChI is InChI=1S/C22H27ClN2O5/c1-12-15(20(26)27-6)16(22(24-3)9-10-22)17(23)19-18(12)29-21(2,30-19)14-8-7-13(11-28-14)25(4)5/h13-14H,7-11H2,1-2,4-6H3/t13-,14+,21?/m1/s1. The fourth-order valence-corrected chi connectivity index (χ4v) is 4.85. The van der Waals surface area contributed by atoms with E-state index in [1.807, 2.05) is 21.0 Å². The Bertz CT molecular complexity index is 929. The molecule has 0 radical (unpaired) electrons. The quantitative estimate of drug-likeness (QED) is 0.528. The molecule has 0 spiro atoms. The van der Waals surface area contributed by atoms with E-state index in [4.69, 9.17) is 37.1 Å². The van der Waals surface area contributed by atoms with Gasteiger partial charge in [-0.2, -0.15) is 0 Å². The maximum absolute atomic E-state index is 12.7. The minimum Gasteiger partial charge on any atom is -0.465 e. The zero-order valence-electron chi connectivity index (χ0n) is 18.0. The van der Waals surface area contributed by atoms with Crippen LogP contribution in [-0.4, -0.2) is 56.6 Å². The molecule has 0 N–H and O–H groups in total. The first-order valence-electron chi connectivity index (χ1n) is 10.2. The van der Waals surface area contributed by atoms with Gasteiger partial charge in [0.25, 0.3) is 11.3 Å². The molecule has 1 saturated carbocycles. The molecule has 0 bridgehead atoms. The van der Waals surface area contributed by atoms with Gasteiger partial charge in [0.2, 0.25) is 0 Å². The average molecular weight is 435 g/mol. The highest BCUT2D eigenvalue weighted by atomic mass is 35.5. The molecular formula is C22H27ClN2O5. The number of rotatable bonds is 4. The van der Waals surface area contributed by atoms with E-state index in [2.05, 4.69) is 9.74 Å². The molecule has 3 atom stereocenters. The molecular weight excluding hydrogens is 408 g/mol. The molecule has 30 heavy (non-hydrogen) atoms. The molecule has 7 nitrogen and oxygen atoms in total. The molecule has 1 aliphatic carbocycles. The molecule has 0 aromatic heterocycles. The number of fused-ring (bicyclic) bond motifs is 1. The van der Waals surface area contributed by atoms with Crippen molar-refractivity contribution in [1.82, 2.24) is 4.90 Å². The van der Waals surface area contributed by atoms with Gasteiger partial charge in [-0.05, 0) is 33.9 Å². The maximum atomic E-state index is 12.7. The number of likely N-dealkylation sites (N-methyl/N-ethyl adjacent to an activating group) is 1. The van der Waals surface area contributed by atoms with Crippen LogP contribution in [0.5, 0.6) is 11.5 Å². The second-order valence-corrected chi connectivity index (χ2v) is 9.10. The van der Waals surface area contributed by atoms with Crippen molar-refractivity contribution >= 4 is 17.6 Å². The molecule has 162 valence electrons. The third kappa shape index (κ3) is 3.13. The smallest absolute Gasteiger partial charge is 0.338 e. The van der Waals surface area contributed by atoms with Crippen LogP contribution in [0.4, 0.5) is 0 Å². The lowest BCUT2D eigenvalue weighted by Crippen LogP contribution is -2.53. The van der Waals surface area contributed by atoms with Crippen LogP contribution >= 0.6 is 11.6 Å². The minimum absolute atomic E-state index is 0.259. The van der Waals surface area contributed by atoms with Crippen molar-refractivity contribution in [2.45, 2.75) is 63.0 Å². The Morgan fingerprint density at radius 3 is 2.43 bits per heavy atom. The van der Waals surface area contributed by atoms with E-state index in [9.17, 15) is 4.79 Å². The fraction of sp³-hybridized carbons (Fsp3) is 0.636. The van der Waals surface area contributed by atoms with Gasteiger partial charge in [-0.3, -0.25) is 0 Å². The van der Waals surface area contributed by atoms with Crippen LogP contribution in [0, 0.1) is 13.5 Å². The normalized spacial score (nSPS) is 28.9. The number of carbonyl (C=O) groups excluding carboxylic acids is 1. The van der Waals surface area contributed by atoms with Crippen molar-refractivity contribution in [3.05, 3.63) is 33.1 Å². The van der Waals surface area contributed by atoms with E-state index in [1.54, 1.807) is 6.92 Å². The zero-order chi connectivity index (χ0) is 21.8. The summed E-state index contributed by atoms with van der Waals surface area (Å²) < 4.78 is 23.7. The largest absolute Gasteiger partial charge is 0.465 e. The Hall–Kier alpha value is -2.01. The number of benzene rings is 1. The van der Waals surface area contributed by atoms with Crippen molar-refractivity contribution in [1.29, 1.82) is 0 Å². The Kier molecular flexibility index (Phi) is 5.16. The number of nitrogens with zero attached hydrogens (tertiary/aromatic N) is 2. The Labute approximate surface area is 182 Å². The van der Waals surface area contributed by atoms with Gasteiger partial charge in [0, 0.05) is 31.4 Å². The first kappa shape index (κ1) is 21.2. The number of halogens is 1. The Morgan fingerprint density at radius 1 is 1.27 bits per heavy atom. The topological polar surface area (TPSA) is 61.6 Å². The molecule has 8 heteroatoms. The summed E-state index contributed by atoms with van der Waals surface area (Å²) in [7, 11) is 5.40. The van der Waals surface area contributed by atoms with Gasteiger partial charge < -0.3 is 28.7 Å². The SMILES string of the molecule is [C-]#[N+]C1(c2c(Cl)c3c(c(C)c2C(=O)OC)OC(C)([C@@H]2CC[C@@H](N(C)C)CO2)O3)CC1. The second kappa shape index (κ2) is 7.30. The molecule has 2 aliphatic heterocycles. The molecule has 2 heterocycles. The van der Waals surface area contributed by atoms with Crippen LogP contribution in [0.3, 0.4) is 0 Å². The summed E-state index contributed by atoms with van der Waals surface area (Å²) in [5.41, 5.74) is 0.576. The van der Waals surface area contributed by atoms with Gasteiger partial charge in [0.15, 0.2) is 11.5 Å². The first-order valence-corrected chi connectivity index (χ1v) is 10.5. The van der Waals surface area contributed by atoms with E-state index in [1.165, 1.54) is 7.11 Å². The average Bonchev–Trinajstić information content (AvgIpc) is 3.44. The summed E-state index contributed by atoms with van der Waals surface area (Å²) in [4.78, 5) is 18.6. The highest BCUT2D eigenvalue weighted by Crippen LogP contribution is 2.59. The number of methoxy groups -OCH3 is 1. The van der Waals surface area contributed by atoms with Gasteiger partial charge in [-0.15, -0.1) is 0 Å².